The molecule has 0 fully saturated rings. The van der Waals surface area contributed by atoms with Crippen LogP contribution in [0.3, 0.4) is 0 Å². The van der Waals surface area contributed by atoms with Crippen molar-refractivity contribution >= 4 is 17.3 Å². The molecule has 0 unspecified atom stereocenters. The van der Waals surface area contributed by atoms with Gasteiger partial charge in [0.1, 0.15) is 5.75 Å². The number of hydrogen-bond acceptors (Lipinski definition) is 2. The van der Waals surface area contributed by atoms with Crippen molar-refractivity contribution in [3.63, 3.8) is 0 Å². The second-order valence-electron chi connectivity index (χ2n) is 4.75. The van der Waals surface area contributed by atoms with E-state index < -0.39 is 0 Å². The summed E-state index contributed by atoms with van der Waals surface area (Å²) in [5.74, 6) is 0.710. The van der Waals surface area contributed by atoms with E-state index >= 15 is 0 Å². The molecule has 1 amide bonds. The number of nitrogens with zero attached hydrogens (tertiary/aromatic N) is 1. The van der Waals surface area contributed by atoms with Crippen molar-refractivity contribution in [2.75, 3.05) is 11.5 Å². The number of hydrogen-bond donors (Lipinski definition) is 0. The molecule has 96 valence electrons. The van der Waals surface area contributed by atoms with Gasteiger partial charge in [0, 0.05) is 5.69 Å². The lowest BCUT2D eigenvalue weighted by atomic mass is 10.1. The Balaban J connectivity index is 2.13. The number of anilines is 2. The van der Waals surface area contributed by atoms with Crippen LogP contribution < -0.4 is 9.64 Å². The van der Waals surface area contributed by atoms with Gasteiger partial charge in [0.25, 0.3) is 5.91 Å². The fraction of sp³-hybridized carbons (Fsp3) is 0.188. The Bertz CT molecular complexity index is 649. The molecule has 3 nitrogen and oxygen atoms in total. The van der Waals surface area contributed by atoms with Crippen LogP contribution in [-0.4, -0.2) is 12.5 Å². The van der Waals surface area contributed by atoms with Crippen molar-refractivity contribution in [3.05, 3.63) is 53.6 Å². The highest BCUT2D eigenvalue weighted by molar-refractivity contribution is 6.04. The Morgan fingerprint density at radius 3 is 2.63 bits per heavy atom. The van der Waals surface area contributed by atoms with Crippen molar-refractivity contribution < 1.29 is 9.53 Å². The molecule has 0 saturated carbocycles. The summed E-state index contributed by atoms with van der Waals surface area (Å²) < 4.78 is 5.45. The molecule has 0 spiro atoms. The monoisotopic (exact) mass is 253 g/mol. The maximum absolute atomic E-state index is 12.2. The Hall–Kier alpha value is -2.29. The fourth-order valence-corrected chi connectivity index (χ4v) is 2.25. The Labute approximate surface area is 112 Å². The third-order valence-corrected chi connectivity index (χ3v) is 3.46. The van der Waals surface area contributed by atoms with Gasteiger partial charge in [0.2, 0.25) is 0 Å². The van der Waals surface area contributed by atoms with Gasteiger partial charge >= 0.3 is 0 Å². The highest BCUT2D eigenvalue weighted by atomic mass is 16.5. The van der Waals surface area contributed by atoms with E-state index in [1.807, 2.05) is 42.5 Å². The third-order valence-electron chi connectivity index (χ3n) is 3.46. The number of amides is 1. The van der Waals surface area contributed by atoms with E-state index in [2.05, 4.69) is 13.8 Å². The van der Waals surface area contributed by atoms with Gasteiger partial charge in [-0.3, -0.25) is 9.69 Å². The molecule has 19 heavy (non-hydrogen) atoms. The predicted octanol–water partition coefficient (Wildman–Crippen LogP) is 3.36. The zero-order valence-corrected chi connectivity index (χ0v) is 11.0. The van der Waals surface area contributed by atoms with Crippen molar-refractivity contribution in [1.82, 2.24) is 0 Å². The first-order chi connectivity index (χ1) is 9.16. The van der Waals surface area contributed by atoms with Crippen molar-refractivity contribution in [1.29, 1.82) is 0 Å². The number of aryl methyl sites for hydroxylation is 2. The van der Waals surface area contributed by atoms with Crippen LogP contribution in [0.15, 0.2) is 42.5 Å². The molecule has 3 rings (SSSR count). The lowest BCUT2D eigenvalue weighted by Gasteiger charge is -2.29. The van der Waals surface area contributed by atoms with E-state index in [0.717, 1.165) is 17.1 Å². The summed E-state index contributed by atoms with van der Waals surface area (Å²) in [7, 11) is 0. The predicted molar refractivity (Wildman–Crippen MR) is 75.0 cm³/mol. The van der Waals surface area contributed by atoms with Crippen molar-refractivity contribution in [2.24, 2.45) is 0 Å². The Kier molecular flexibility index (Phi) is 2.75. The molecule has 0 saturated heterocycles. The molecular formula is C16H15NO2. The highest BCUT2D eigenvalue weighted by Gasteiger charge is 2.26. The van der Waals surface area contributed by atoms with Crippen LogP contribution in [0.4, 0.5) is 11.4 Å². The maximum Gasteiger partial charge on any atom is 0.269 e. The normalized spacial score (nSPS) is 14.0. The maximum atomic E-state index is 12.2. The second kappa shape index (κ2) is 4.43. The lowest BCUT2D eigenvalue weighted by Crippen LogP contribution is -2.35. The zero-order chi connectivity index (χ0) is 13.4. The van der Waals surface area contributed by atoms with Gasteiger partial charge in [-0.05, 0) is 49.2 Å². The molecule has 0 N–H and O–H groups in total. The molecule has 0 radical (unpaired) electrons. The minimum Gasteiger partial charge on any atom is -0.482 e. The molecule has 0 aromatic heterocycles. The molecule has 1 aliphatic rings. The van der Waals surface area contributed by atoms with Gasteiger partial charge < -0.3 is 4.74 Å². The van der Waals surface area contributed by atoms with Crippen LogP contribution >= 0.6 is 0 Å². The van der Waals surface area contributed by atoms with Crippen molar-refractivity contribution in [3.8, 4) is 5.75 Å². The SMILES string of the molecule is Cc1ccc(N2C(=O)COc3ccccc32)cc1C. The van der Waals surface area contributed by atoms with E-state index in [-0.39, 0.29) is 12.5 Å². The topological polar surface area (TPSA) is 29.5 Å². The average molecular weight is 253 g/mol. The number of ether oxygens (including phenoxy) is 1. The van der Waals surface area contributed by atoms with Crippen LogP contribution in [0.1, 0.15) is 11.1 Å². The van der Waals surface area contributed by atoms with E-state index in [4.69, 9.17) is 4.74 Å². The number of para-hydroxylation sites is 2. The zero-order valence-electron chi connectivity index (χ0n) is 11.0. The van der Waals surface area contributed by atoms with E-state index in [1.54, 1.807) is 4.90 Å². The first kappa shape index (κ1) is 11.8. The van der Waals surface area contributed by atoms with Gasteiger partial charge in [-0.15, -0.1) is 0 Å². The number of carbonyl (C=O) groups excluding carboxylic acids is 1. The number of benzene rings is 2. The molecule has 2 aromatic carbocycles. The summed E-state index contributed by atoms with van der Waals surface area (Å²) in [4.78, 5) is 13.9. The Morgan fingerprint density at radius 2 is 1.84 bits per heavy atom. The van der Waals surface area contributed by atoms with Gasteiger partial charge in [0.05, 0.1) is 5.69 Å². The minimum atomic E-state index is -0.0399. The van der Waals surface area contributed by atoms with Gasteiger partial charge in [-0.25, -0.2) is 0 Å². The first-order valence-corrected chi connectivity index (χ1v) is 6.29. The van der Waals surface area contributed by atoms with Crippen molar-refractivity contribution in [2.45, 2.75) is 13.8 Å². The van der Waals surface area contributed by atoms with E-state index in [9.17, 15) is 4.79 Å². The molecule has 1 aliphatic heterocycles. The fourth-order valence-electron chi connectivity index (χ4n) is 2.25. The molecule has 0 aliphatic carbocycles. The molecule has 0 atom stereocenters. The van der Waals surface area contributed by atoms with Crippen LogP contribution in [0, 0.1) is 13.8 Å². The van der Waals surface area contributed by atoms with E-state index in [1.165, 1.54) is 11.1 Å². The summed E-state index contributed by atoms with van der Waals surface area (Å²) in [5, 5.41) is 0. The number of rotatable bonds is 1. The van der Waals surface area contributed by atoms with Gasteiger partial charge in [-0.2, -0.15) is 0 Å². The summed E-state index contributed by atoms with van der Waals surface area (Å²) in [5.41, 5.74) is 4.10. The summed E-state index contributed by atoms with van der Waals surface area (Å²) in [6.45, 7) is 4.20. The lowest BCUT2D eigenvalue weighted by molar-refractivity contribution is -0.120. The molecule has 3 heteroatoms. The largest absolute Gasteiger partial charge is 0.482 e. The van der Waals surface area contributed by atoms with E-state index in [0.29, 0.717) is 0 Å². The molecule has 0 bridgehead atoms. The first-order valence-electron chi connectivity index (χ1n) is 6.29. The molecular weight excluding hydrogens is 238 g/mol. The molecule has 2 aromatic rings. The minimum absolute atomic E-state index is 0.0399. The second-order valence-corrected chi connectivity index (χ2v) is 4.75. The van der Waals surface area contributed by atoms with Crippen LogP contribution in [0.2, 0.25) is 0 Å². The summed E-state index contributed by atoms with van der Waals surface area (Å²) in [6, 6.07) is 13.7. The van der Waals surface area contributed by atoms with Gasteiger partial charge in [0.15, 0.2) is 6.61 Å². The summed E-state index contributed by atoms with van der Waals surface area (Å²) >= 11 is 0. The number of fused-ring (bicyclic) bond motifs is 1. The average Bonchev–Trinajstić information content (AvgIpc) is 2.42. The quantitative estimate of drug-likeness (QED) is 0.780. The highest BCUT2D eigenvalue weighted by Crippen LogP contribution is 2.37. The number of carbonyl (C=O) groups is 1. The standard InChI is InChI=1S/C16H15NO2/c1-11-7-8-13(9-12(11)2)17-14-5-3-4-6-15(14)19-10-16(17)18/h3-9H,10H2,1-2H3. The van der Waals surface area contributed by atoms with Gasteiger partial charge in [-0.1, -0.05) is 18.2 Å². The van der Waals surface area contributed by atoms with Crippen LogP contribution in [-0.2, 0) is 4.79 Å². The smallest absolute Gasteiger partial charge is 0.269 e. The molecule has 1 heterocycles. The summed E-state index contributed by atoms with van der Waals surface area (Å²) in [6.07, 6.45) is 0. The van der Waals surface area contributed by atoms with Crippen LogP contribution in [0.5, 0.6) is 5.75 Å². The third kappa shape index (κ3) is 1.97. The Morgan fingerprint density at radius 1 is 1.05 bits per heavy atom. The van der Waals surface area contributed by atoms with Crippen LogP contribution in [0.25, 0.3) is 0 Å².